The first-order valence-corrected chi connectivity index (χ1v) is 13.0. The number of halogens is 4. The molecular formula is C32H28ClF3N2O. The summed E-state index contributed by atoms with van der Waals surface area (Å²) >= 11 is 6.28. The molecule has 4 rings (SSSR count). The minimum atomic E-state index is -4.53. The molecule has 0 fully saturated rings. The summed E-state index contributed by atoms with van der Waals surface area (Å²) < 4.78 is 46.5. The number of ether oxygens (including phenoxy) is 1. The van der Waals surface area contributed by atoms with Crippen molar-refractivity contribution in [1.82, 2.24) is 4.90 Å². The van der Waals surface area contributed by atoms with Gasteiger partial charge in [0.1, 0.15) is 11.8 Å². The van der Waals surface area contributed by atoms with Gasteiger partial charge in [0.05, 0.1) is 22.8 Å². The van der Waals surface area contributed by atoms with Gasteiger partial charge in [0.15, 0.2) is 0 Å². The molecule has 0 heterocycles. The molecule has 7 heteroatoms. The van der Waals surface area contributed by atoms with Crippen molar-refractivity contribution >= 4 is 11.6 Å². The maximum atomic E-state index is 13.6. The molecule has 4 aromatic rings. The van der Waals surface area contributed by atoms with Crippen molar-refractivity contribution in [2.45, 2.75) is 25.1 Å². The van der Waals surface area contributed by atoms with Crippen molar-refractivity contribution < 1.29 is 17.9 Å². The van der Waals surface area contributed by atoms with Crippen LogP contribution in [0, 0.1) is 11.3 Å². The Labute approximate surface area is 232 Å². The summed E-state index contributed by atoms with van der Waals surface area (Å²) in [7, 11) is 0. The van der Waals surface area contributed by atoms with Gasteiger partial charge >= 0.3 is 6.18 Å². The lowest BCUT2D eigenvalue weighted by Gasteiger charge is -2.29. The monoisotopic (exact) mass is 548 g/mol. The van der Waals surface area contributed by atoms with Crippen molar-refractivity contribution in [2.24, 2.45) is 0 Å². The molecule has 0 spiro atoms. The van der Waals surface area contributed by atoms with Crippen LogP contribution in [-0.4, -0.2) is 24.6 Å². The first-order valence-electron chi connectivity index (χ1n) is 12.7. The number of hydrogen-bond acceptors (Lipinski definition) is 3. The van der Waals surface area contributed by atoms with E-state index in [1.807, 2.05) is 42.5 Å². The molecule has 39 heavy (non-hydrogen) atoms. The van der Waals surface area contributed by atoms with E-state index < -0.39 is 11.7 Å². The van der Waals surface area contributed by atoms with Crippen LogP contribution in [0.25, 0.3) is 0 Å². The van der Waals surface area contributed by atoms with E-state index in [1.54, 1.807) is 24.3 Å². The highest BCUT2D eigenvalue weighted by atomic mass is 35.5. The van der Waals surface area contributed by atoms with Gasteiger partial charge in [-0.25, -0.2) is 0 Å². The zero-order valence-corrected chi connectivity index (χ0v) is 22.0. The van der Waals surface area contributed by atoms with Gasteiger partial charge in [-0.2, -0.15) is 18.4 Å². The van der Waals surface area contributed by atoms with Gasteiger partial charge in [-0.05, 0) is 41.3 Å². The van der Waals surface area contributed by atoms with E-state index in [0.29, 0.717) is 43.0 Å². The lowest BCUT2D eigenvalue weighted by Crippen LogP contribution is -2.31. The molecule has 0 amide bonds. The zero-order valence-electron chi connectivity index (χ0n) is 21.2. The molecule has 0 unspecified atom stereocenters. The number of rotatable bonds is 11. The molecule has 0 saturated carbocycles. The van der Waals surface area contributed by atoms with Crippen molar-refractivity contribution in [1.29, 1.82) is 5.26 Å². The van der Waals surface area contributed by atoms with Gasteiger partial charge in [0.2, 0.25) is 0 Å². The normalized spacial score (nSPS) is 11.5. The van der Waals surface area contributed by atoms with Gasteiger partial charge in [-0.3, -0.25) is 4.90 Å². The van der Waals surface area contributed by atoms with Crippen LogP contribution in [0.2, 0.25) is 5.02 Å². The fourth-order valence-corrected chi connectivity index (χ4v) is 4.88. The van der Waals surface area contributed by atoms with Gasteiger partial charge in [-0.1, -0.05) is 96.5 Å². The fraction of sp³-hybridized carbons (Fsp3) is 0.219. The summed E-state index contributed by atoms with van der Waals surface area (Å²) in [5.74, 6) is 0.510. The first-order chi connectivity index (χ1) is 18.9. The van der Waals surface area contributed by atoms with E-state index in [0.717, 1.165) is 17.2 Å². The Morgan fingerprint density at radius 3 is 2.05 bits per heavy atom. The van der Waals surface area contributed by atoms with Crippen LogP contribution < -0.4 is 4.74 Å². The van der Waals surface area contributed by atoms with Crippen molar-refractivity contribution in [3.8, 4) is 11.8 Å². The average molecular weight is 549 g/mol. The minimum absolute atomic E-state index is 0.00259. The molecular weight excluding hydrogens is 521 g/mol. The van der Waals surface area contributed by atoms with Crippen LogP contribution in [0.15, 0.2) is 103 Å². The first kappa shape index (κ1) is 28.2. The van der Waals surface area contributed by atoms with Crippen molar-refractivity contribution in [3.63, 3.8) is 0 Å². The van der Waals surface area contributed by atoms with E-state index in [9.17, 15) is 18.4 Å². The lowest BCUT2D eigenvalue weighted by atomic mass is 9.90. The molecule has 0 aliphatic rings. The number of nitrogens with zero attached hydrogens (tertiary/aromatic N) is 2. The quantitative estimate of drug-likeness (QED) is 0.177. The minimum Gasteiger partial charge on any atom is -0.492 e. The van der Waals surface area contributed by atoms with E-state index in [2.05, 4.69) is 35.2 Å². The fourth-order valence-electron chi connectivity index (χ4n) is 4.58. The van der Waals surface area contributed by atoms with E-state index in [-0.39, 0.29) is 17.5 Å². The van der Waals surface area contributed by atoms with Crippen LogP contribution in [0.3, 0.4) is 0 Å². The third-order valence-corrected chi connectivity index (χ3v) is 6.95. The van der Waals surface area contributed by atoms with E-state index in [1.165, 1.54) is 6.07 Å². The molecule has 3 nitrogen and oxygen atoms in total. The summed E-state index contributed by atoms with van der Waals surface area (Å²) in [5.41, 5.74) is 2.27. The van der Waals surface area contributed by atoms with Crippen LogP contribution in [0.5, 0.6) is 5.75 Å². The van der Waals surface area contributed by atoms with Crippen LogP contribution in [0.4, 0.5) is 13.2 Å². The van der Waals surface area contributed by atoms with Crippen LogP contribution >= 0.6 is 11.6 Å². The second-order valence-electron chi connectivity index (χ2n) is 9.20. The number of hydrogen-bond donors (Lipinski definition) is 0. The average Bonchev–Trinajstić information content (AvgIpc) is 2.95. The smallest absolute Gasteiger partial charge is 0.417 e. The molecule has 0 saturated heterocycles. The molecule has 0 N–H and O–H groups in total. The largest absolute Gasteiger partial charge is 0.492 e. The van der Waals surface area contributed by atoms with Crippen molar-refractivity contribution in [3.05, 3.63) is 136 Å². The Balaban J connectivity index is 1.58. The maximum Gasteiger partial charge on any atom is 0.417 e. The van der Waals surface area contributed by atoms with Crippen molar-refractivity contribution in [2.75, 3.05) is 19.7 Å². The Hall–Kier alpha value is -3.79. The maximum absolute atomic E-state index is 13.6. The Morgan fingerprint density at radius 1 is 0.821 bits per heavy atom. The van der Waals surface area contributed by atoms with Crippen LogP contribution in [-0.2, 0) is 12.7 Å². The Morgan fingerprint density at radius 2 is 1.44 bits per heavy atom. The third kappa shape index (κ3) is 7.63. The van der Waals surface area contributed by atoms with Gasteiger partial charge in [0, 0.05) is 25.6 Å². The number of nitriles is 1. The topological polar surface area (TPSA) is 36.3 Å². The summed E-state index contributed by atoms with van der Waals surface area (Å²) in [6.45, 7) is 1.72. The van der Waals surface area contributed by atoms with Gasteiger partial charge < -0.3 is 4.74 Å². The van der Waals surface area contributed by atoms with E-state index >= 15 is 0 Å². The zero-order chi connectivity index (χ0) is 27.7. The molecule has 0 atom stereocenters. The molecule has 0 aliphatic carbocycles. The number of para-hydroxylation sites is 1. The van der Waals surface area contributed by atoms with Gasteiger partial charge in [-0.15, -0.1) is 0 Å². The van der Waals surface area contributed by atoms with Gasteiger partial charge in [0.25, 0.3) is 0 Å². The Bertz CT molecular complexity index is 1350. The molecule has 0 radical (unpaired) electrons. The summed E-state index contributed by atoms with van der Waals surface area (Å²) in [6, 6.07) is 33.3. The SMILES string of the molecule is N#Cc1ccccc1OCCCN(Cc1cccc(C(F)(F)F)c1Cl)CC(c1ccccc1)c1ccccc1. The molecule has 0 aromatic heterocycles. The third-order valence-electron chi connectivity index (χ3n) is 6.51. The predicted molar refractivity (Wildman–Crippen MR) is 148 cm³/mol. The second kappa shape index (κ2) is 13.3. The highest BCUT2D eigenvalue weighted by molar-refractivity contribution is 6.32. The number of alkyl halides is 3. The highest BCUT2D eigenvalue weighted by Crippen LogP contribution is 2.37. The molecule has 200 valence electrons. The lowest BCUT2D eigenvalue weighted by molar-refractivity contribution is -0.137. The predicted octanol–water partition coefficient (Wildman–Crippen LogP) is 8.33. The molecule has 4 aromatic carbocycles. The second-order valence-corrected chi connectivity index (χ2v) is 9.57. The summed E-state index contributed by atoms with van der Waals surface area (Å²) in [5, 5.41) is 9.04. The molecule has 0 aliphatic heterocycles. The van der Waals surface area contributed by atoms with Crippen LogP contribution in [0.1, 0.15) is 40.2 Å². The Kier molecular flexibility index (Phi) is 9.64. The highest BCUT2D eigenvalue weighted by Gasteiger charge is 2.34. The molecule has 0 bridgehead atoms. The summed E-state index contributed by atoms with van der Waals surface area (Å²) in [6.07, 6.45) is -3.93. The van der Waals surface area contributed by atoms with E-state index in [4.69, 9.17) is 16.3 Å². The summed E-state index contributed by atoms with van der Waals surface area (Å²) in [4.78, 5) is 2.12. The standard InChI is InChI=1S/C32H28ClF3N2O/c33-31-27(16-9-17-29(31)32(34,35)36)22-38(19-10-20-39-30-18-8-7-15-26(30)21-37)23-28(24-11-3-1-4-12-24)25-13-5-2-6-14-25/h1-9,11-18,28H,10,19-20,22-23H2. The number of benzene rings is 4.